The van der Waals surface area contributed by atoms with E-state index in [1.807, 2.05) is 0 Å². The Morgan fingerprint density at radius 2 is 2.18 bits per heavy atom. The molecule has 0 spiro atoms. The van der Waals surface area contributed by atoms with Gasteiger partial charge < -0.3 is 10.2 Å². The number of carbonyl (C=O) groups is 2. The van der Waals surface area contributed by atoms with E-state index >= 15 is 0 Å². The predicted molar refractivity (Wildman–Crippen MR) is 65.0 cm³/mol. The van der Waals surface area contributed by atoms with Crippen molar-refractivity contribution in [3.63, 3.8) is 0 Å². The zero-order valence-electron chi connectivity index (χ0n) is 9.28. The smallest absolute Gasteiger partial charge is 0.253 e. The van der Waals surface area contributed by atoms with Crippen molar-refractivity contribution in [1.82, 2.24) is 10.2 Å². The maximum atomic E-state index is 12.1. The summed E-state index contributed by atoms with van der Waals surface area (Å²) < 4.78 is 0. The summed E-state index contributed by atoms with van der Waals surface area (Å²) in [6, 6.07) is 6.85. The van der Waals surface area contributed by atoms with Crippen LogP contribution >= 0.6 is 11.6 Å². The molecule has 1 aromatic carbocycles. The van der Waals surface area contributed by atoms with Crippen molar-refractivity contribution < 1.29 is 9.59 Å². The van der Waals surface area contributed by atoms with Crippen LogP contribution in [0.1, 0.15) is 16.8 Å². The molecule has 1 N–H and O–H groups in total. The van der Waals surface area contributed by atoms with Gasteiger partial charge in [-0.25, -0.2) is 0 Å². The summed E-state index contributed by atoms with van der Waals surface area (Å²) in [5.41, 5.74) is 0.562. The Balaban J connectivity index is 2.11. The molecule has 0 aromatic heterocycles. The zero-order chi connectivity index (χ0) is 12.3. The molecule has 17 heavy (non-hydrogen) atoms. The maximum absolute atomic E-state index is 12.1. The summed E-state index contributed by atoms with van der Waals surface area (Å²) in [4.78, 5) is 25.0. The second-order valence-corrected chi connectivity index (χ2v) is 4.34. The molecule has 2 amide bonds. The first-order chi connectivity index (χ1) is 8.16. The van der Waals surface area contributed by atoms with Gasteiger partial charge in [0.15, 0.2) is 0 Å². The predicted octanol–water partition coefficient (Wildman–Crippen LogP) is 1.30. The lowest BCUT2D eigenvalue weighted by Crippen LogP contribution is -2.34. The van der Waals surface area contributed by atoms with Gasteiger partial charge in [-0.15, -0.1) is 0 Å². The fourth-order valence-corrected chi connectivity index (χ4v) is 1.96. The van der Waals surface area contributed by atoms with E-state index in [0.29, 0.717) is 36.6 Å². The minimum Gasteiger partial charge on any atom is -0.354 e. The van der Waals surface area contributed by atoms with Gasteiger partial charge in [-0.1, -0.05) is 17.7 Å². The molecule has 1 fully saturated rings. The first-order valence-corrected chi connectivity index (χ1v) is 5.86. The Morgan fingerprint density at radius 3 is 2.94 bits per heavy atom. The number of hydrogen-bond acceptors (Lipinski definition) is 2. The summed E-state index contributed by atoms with van der Waals surface area (Å²) in [6.45, 7) is 1.50. The van der Waals surface area contributed by atoms with Gasteiger partial charge in [0.05, 0.1) is 0 Å². The number of benzene rings is 1. The lowest BCUT2D eigenvalue weighted by atomic mass is 10.2. The van der Waals surface area contributed by atoms with Gasteiger partial charge in [-0.3, -0.25) is 9.59 Å². The van der Waals surface area contributed by atoms with Crippen LogP contribution in [-0.4, -0.2) is 36.3 Å². The summed E-state index contributed by atoms with van der Waals surface area (Å²) in [7, 11) is 0. The number of rotatable bonds is 1. The quantitative estimate of drug-likeness (QED) is 0.819. The van der Waals surface area contributed by atoms with Crippen molar-refractivity contribution in [2.45, 2.75) is 6.42 Å². The van der Waals surface area contributed by atoms with E-state index in [1.54, 1.807) is 29.2 Å². The van der Waals surface area contributed by atoms with Crippen LogP contribution in [0.25, 0.3) is 0 Å². The number of carbonyl (C=O) groups excluding carboxylic acids is 2. The van der Waals surface area contributed by atoms with E-state index in [0.717, 1.165) is 0 Å². The molecule has 0 radical (unpaired) electrons. The van der Waals surface area contributed by atoms with E-state index in [4.69, 9.17) is 11.6 Å². The van der Waals surface area contributed by atoms with Gasteiger partial charge in [-0.05, 0) is 18.2 Å². The standard InChI is InChI=1S/C12H13ClN2O2/c13-10-3-1-2-9(8-10)12(17)15-6-4-11(16)14-5-7-15/h1-3,8H,4-7H2,(H,14,16). The van der Waals surface area contributed by atoms with E-state index in [1.165, 1.54) is 0 Å². The Morgan fingerprint density at radius 1 is 1.35 bits per heavy atom. The minimum absolute atomic E-state index is 0.00797. The molecule has 0 atom stereocenters. The molecule has 0 saturated carbocycles. The van der Waals surface area contributed by atoms with Crippen molar-refractivity contribution in [2.75, 3.05) is 19.6 Å². The summed E-state index contributed by atoms with van der Waals surface area (Å²) in [6.07, 6.45) is 0.353. The number of amides is 2. The maximum Gasteiger partial charge on any atom is 0.253 e. The Kier molecular flexibility index (Phi) is 3.64. The monoisotopic (exact) mass is 252 g/mol. The number of nitrogens with one attached hydrogen (secondary N) is 1. The average molecular weight is 253 g/mol. The van der Waals surface area contributed by atoms with Crippen LogP contribution in [0.5, 0.6) is 0 Å². The van der Waals surface area contributed by atoms with Crippen LogP contribution in [0.4, 0.5) is 0 Å². The van der Waals surface area contributed by atoms with Crippen molar-refractivity contribution in [3.8, 4) is 0 Å². The normalized spacial score (nSPS) is 16.3. The van der Waals surface area contributed by atoms with Gasteiger partial charge in [0.2, 0.25) is 5.91 Å². The molecular formula is C12H13ClN2O2. The average Bonchev–Trinajstić information content (AvgIpc) is 2.53. The third kappa shape index (κ3) is 2.97. The molecule has 5 heteroatoms. The molecule has 2 rings (SSSR count). The molecule has 1 aliphatic heterocycles. The molecule has 0 unspecified atom stereocenters. The summed E-state index contributed by atoms with van der Waals surface area (Å²) in [5.74, 6) is -0.0876. The van der Waals surface area contributed by atoms with E-state index in [2.05, 4.69) is 5.32 Å². The molecule has 0 bridgehead atoms. The van der Waals surface area contributed by atoms with Crippen molar-refractivity contribution >= 4 is 23.4 Å². The Labute approximate surface area is 105 Å². The summed E-state index contributed by atoms with van der Waals surface area (Å²) >= 11 is 5.85. The van der Waals surface area contributed by atoms with Crippen LogP contribution in [0.15, 0.2) is 24.3 Å². The highest BCUT2D eigenvalue weighted by atomic mass is 35.5. The Hall–Kier alpha value is -1.55. The van der Waals surface area contributed by atoms with Crippen LogP contribution in [-0.2, 0) is 4.79 Å². The van der Waals surface area contributed by atoms with Crippen molar-refractivity contribution in [3.05, 3.63) is 34.9 Å². The minimum atomic E-state index is -0.0796. The second kappa shape index (κ2) is 5.19. The second-order valence-electron chi connectivity index (χ2n) is 3.90. The molecule has 90 valence electrons. The van der Waals surface area contributed by atoms with Gasteiger partial charge in [0.25, 0.3) is 5.91 Å². The van der Waals surface area contributed by atoms with E-state index in [9.17, 15) is 9.59 Å². The van der Waals surface area contributed by atoms with Crippen LogP contribution in [0, 0.1) is 0 Å². The lowest BCUT2D eigenvalue weighted by Gasteiger charge is -2.19. The molecular weight excluding hydrogens is 240 g/mol. The first-order valence-electron chi connectivity index (χ1n) is 5.48. The van der Waals surface area contributed by atoms with Crippen molar-refractivity contribution in [1.29, 1.82) is 0 Å². The van der Waals surface area contributed by atoms with Crippen LogP contribution in [0.3, 0.4) is 0 Å². The largest absolute Gasteiger partial charge is 0.354 e. The first kappa shape index (κ1) is 11.9. The van der Waals surface area contributed by atoms with Crippen molar-refractivity contribution in [2.24, 2.45) is 0 Å². The molecule has 4 nitrogen and oxygen atoms in total. The van der Waals surface area contributed by atoms with Gasteiger partial charge in [0, 0.05) is 36.6 Å². The van der Waals surface area contributed by atoms with E-state index in [-0.39, 0.29) is 11.8 Å². The highest BCUT2D eigenvalue weighted by Crippen LogP contribution is 2.13. The van der Waals surface area contributed by atoms with Crippen LogP contribution < -0.4 is 5.32 Å². The van der Waals surface area contributed by atoms with Gasteiger partial charge in [0.1, 0.15) is 0 Å². The lowest BCUT2D eigenvalue weighted by molar-refractivity contribution is -0.120. The molecule has 0 aliphatic carbocycles. The third-order valence-corrected chi connectivity index (χ3v) is 2.91. The molecule has 1 aliphatic rings. The topological polar surface area (TPSA) is 49.4 Å². The number of hydrogen-bond donors (Lipinski definition) is 1. The highest BCUT2D eigenvalue weighted by Gasteiger charge is 2.19. The zero-order valence-corrected chi connectivity index (χ0v) is 10.0. The number of halogens is 1. The van der Waals surface area contributed by atoms with Gasteiger partial charge >= 0.3 is 0 Å². The molecule has 1 aromatic rings. The fourth-order valence-electron chi connectivity index (χ4n) is 1.77. The SMILES string of the molecule is O=C1CCN(C(=O)c2cccc(Cl)c2)CCN1. The third-order valence-electron chi connectivity index (χ3n) is 2.67. The Bertz CT molecular complexity index is 448. The number of nitrogens with zero attached hydrogens (tertiary/aromatic N) is 1. The molecule has 1 heterocycles. The fraction of sp³-hybridized carbons (Fsp3) is 0.333. The van der Waals surface area contributed by atoms with Gasteiger partial charge in [-0.2, -0.15) is 0 Å². The summed E-state index contributed by atoms with van der Waals surface area (Å²) in [5, 5.41) is 3.27. The van der Waals surface area contributed by atoms with Crippen LogP contribution in [0.2, 0.25) is 5.02 Å². The van der Waals surface area contributed by atoms with E-state index < -0.39 is 0 Å². The molecule has 1 saturated heterocycles. The highest BCUT2D eigenvalue weighted by molar-refractivity contribution is 6.30.